The van der Waals surface area contributed by atoms with Crippen molar-refractivity contribution in [2.75, 3.05) is 7.05 Å². The van der Waals surface area contributed by atoms with Crippen LogP contribution in [0.15, 0.2) is 52.4 Å². The monoisotopic (exact) mass is 548 g/mol. The molecule has 0 aliphatic heterocycles. The fourth-order valence-corrected chi connectivity index (χ4v) is 4.43. The van der Waals surface area contributed by atoms with Gasteiger partial charge in [-0.1, -0.05) is 30.3 Å². The van der Waals surface area contributed by atoms with Crippen LogP contribution < -0.4 is 15.4 Å². The van der Waals surface area contributed by atoms with E-state index in [1.165, 1.54) is 6.07 Å². The maximum Gasteiger partial charge on any atom is 0.241 e. The number of aryl methyl sites for hydroxylation is 1. The maximum absolute atomic E-state index is 13.4. The quantitative estimate of drug-likeness (QED) is 0.292. The number of aliphatic imine (C=N–C) groups is 1. The molecule has 3 N–H and O–H groups in total. The normalized spacial score (nSPS) is 12.3. The number of guanidine groups is 1. The second kappa shape index (κ2) is 11.1. The predicted molar refractivity (Wildman–Crippen MR) is 130 cm³/mol. The molecule has 0 spiro atoms. The number of halogens is 2. The Hall–Kier alpha value is -1.72. The zero-order chi connectivity index (χ0) is 21.7. The molecule has 2 aromatic rings. The lowest BCUT2D eigenvalue weighted by atomic mass is 10.1. The standard InChI is InChI=1S/C21H29FN4O2S.HI/c1-15-12-16(10-11-18(15)22)13-24-20(23-5)25-14-17-8-6-7-9-19(17)29(27,28)26-21(2,3)4;/h6-12,26H,13-14H2,1-5H3,(H2,23,24,25);1H. The van der Waals surface area contributed by atoms with Crippen LogP contribution in [-0.4, -0.2) is 27.0 Å². The predicted octanol–water partition coefficient (Wildman–Crippen LogP) is 3.69. The first-order valence-corrected chi connectivity index (χ1v) is 10.8. The highest BCUT2D eigenvalue weighted by atomic mass is 127. The fourth-order valence-electron chi connectivity index (χ4n) is 2.77. The van der Waals surface area contributed by atoms with E-state index >= 15 is 0 Å². The van der Waals surface area contributed by atoms with Crippen LogP contribution in [0, 0.1) is 12.7 Å². The van der Waals surface area contributed by atoms with Gasteiger partial charge < -0.3 is 10.6 Å². The Morgan fingerprint density at radius 2 is 1.70 bits per heavy atom. The first kappa shape index (κ1) is 26.3. The molecule has 30 heavy (non-hydrogen) atoms. The molecule has 0 saturated carbocycles. The minimum atomic E-state index is -3.65. The van der Waals surface area contributed by atoms with Crippen LogP contribution in [0.4, 0.5) is 4.39 Å². The highest BCUT2D eigenvalue weighted by Gasteiger charge is 2.24. The second-order valence-corrected chi connectivity index (χ2v) is 9.48. The van der Waals surface area contributed by atoms with E-state index in [1.807, 2.05) is 0 Å². The lowest BCUT2D eigenvalue weighted by molar-refractivity contribution is 0.491. The number of benzene rings is 2. The Balaban J connectivity index is 0.00000450. The molecular formula is C21H30FIN4O2S. The van der Waals surface area contributed by atoms with Crippen molar-refractivity contribution in [2.45, 2.75) is 51.2 Å². The van der Waals surface area contributed by atoms with Gasteiger partial charge in [0.1, 0.15) is 5.82 Å². The Kier molecular flexibility index (Phi) is 9.70. The Bertz CT molecular complexity index is 989. The van der Waals surface area contributed by atoms with E-state index in [1.54, 1.807) is 71.1 Å². The highest BCUT2D eigenvalue weighted by molar-refractivity contribution is 14.0. The largest absolute Gasteiger partial charge is 0.352 e. The minimum absolute atomic E-state index is 0. The summed E-state index contributed by atoms with van der Waals surface area (Å²) < 4.78 is 41.6. The van der Waals surface area contributed by atoms with Crippen LogP contribution in [0.2, 0.25) is 0 Å². The van der Waals surface area contributed by atoms with Crippen molar-refractivity contribution in [3.63, 3.8) is 0 Å². The van der Waals surface area contributed by atoms with Crippen LogP contribution in [0.25, 0.3) is 0 Å². The topological polar surface area (TPSA) is 82.6 Å². The Morgan fingerprint density at radius 3 is 2.30 bits per heavy atom. The summed E-state index contributed by atoms with van der Waals surface area (Å²) in [6.45, 7) is 7.86. The number of nitrogens with zero attached hydrogens (tertiary/aromatic N) is 1. The van der Waals surface area contributed by atoms with Crippen LogP contribution in [0.5, 0.6) is 0 Å². The molecule has 2 aromatic carbocycles. The molecule has 9 heteroatoms. The molecule has 0 radical (unpaired) electrons. The van der Waals surface area contributed by atoms with Crippen molar-refractivity contribution in [3.05, 3.63) is 65.0 Å². The summed E-state index contributed by atoms with van der Waals surface area (Å²) in [6.07, 6.45) is 0. The van der Waals surface area contributed by atoms with Crippen molar-refractivity contribution >= 4 is 40.0 Å². The van der Waals surface area contributed by atoms with Gasteiger partial charge in [-0.25, -0.2) is 17.5 Å². The van der Waals surface area contributed by atoms with Crippen molar-refractivity contribution < 1.29 is 12.8 Å². The molecule has 0 fully saturated rings. The van der Waals surface area contributed by atoms with Gasteiger partial charge in [-0.05, 0) is 56.5 Å². The number of sulfonamides is 1. The lowest BCUT2D eigenvalue weighted by Crippen LogP contribution is -2.41. The molecule has 0 atom stereocenters. The van der Waals surface area contributed by atoms with Gasteiger partial charge in [0.15, 0.2) is 5.96 Å². The van der Waals surface area contributed by atoms with Crippen LogP contribution >= 0.6 is 24.0 Å². The molecule has 0 saturated heterocycles. The second-order valence-electron chi connectivity index (χ2n) is 7.83. The van der Waals surface area contributed by atoms with Crippen molar-refractivity contribution in [1.82, 2.24) is 15.4 Å². The summed E-state index contributed by atoms with van der Waals surface area (Å²) in [5.74, 6) is 0.279. The van der Waals surface area contributed by atoms with E-state index in [0.717, 1.165) is 5.56 Å². The van der Waals surface area contributed by atoms with Gasteiger partial charge in [0, 0.05) is 25.7 Å². The average Bonchev–Trinajstić information content (AvgIpc) is 2.63. The first-order valence-electron chi connectivity index (χ1n) is 9.33. The molecule has 0 aliphatic carbocycles. The number of hydrogen-bond acceptors (Lipinski definition) is 3. The third-order valence-corrected chi connectivity index (χ3v) is 5.91. The third kappa shape index (κ3) is 7.84. The molecule has 166 valence electrons. The Labute approximate surface area is 195 Å². The van der Waals surface area contributed by atoms with Crippen molar-refractivity contribution in [2.24, 2.45) is 4.99 Å². The summed E-state index contributed by atoms with van der Waals surface area (Å²) in [7, 11) is -2.02. The van der Waals surface area contributed by atoms with E-state index in [9.17, 15) is 12.8 Å². The molecule has 6 nitrogen and oxygen atoms in total. The molecule has 0 aromatic heterocycles. The fraction of sp³-hybridized carbons (Fsp3) is 0.381. The van der Waals surface area contributed by atoms with Crippen LogP contribution in [0.1, 0.15) is 37.5 Å². The zero-order valence-corrected chi connectivity index (χ0v) is 21.1. The number of nitrogens with one attached hydrogen (secondary N) is 3. The smallest absolute Gasteiger partial charge is 0.241 e. The minimum Gasteiger partial charge on any atom is -0.352 e. The SMILES string of the molecule is CN=C(NCc1ccc(F)c(C)c1)NCc1ccccc1S(=O)(=O)NC(C)(C)C.I. The first-order chi connectivity index (χ1) is 13.5. The van der Waals surface area contributed by atoms with E-state index in [-0.39, 0.29) is 41.2 Å². The van der Waals surface area contributed by atoms with Crippen molar-refractivity contribution in [3.8, 4) is 0 Å². The van der Waals surface area contributed by atoms with Gasteiger partial charge in [-0.15, -0.1) is 24.0 Å². The highest BCUT2D eigenvalue weighted by Crippen LogP contribution is 2.17. The molecule has 2 rings (SSSR count). The molecule has 0 amide bonds. The molecule has 0 heterocycles. The Morgan fingerprint density at radius 1 is 1.07 bits per heavy atom. The van der Waals surface area contributed by atoms with Gasteiger partial charge in [-0.3, -0.25) is 4.99 Å². The third-order valence-electron chi connectivity index (χ3n) is 4.05. The van der Waals surface area contributed by atoms with Crippen molar-refractivity contribution in [1.29, 1.82) is 0 Å². The number of hydrogen-bond donors (Lipinski definition) is 3. The lowest BCUT2D eigenvalue weighted by Gasteiger charge is -2.22. The van der Waals surface area contributed by atoms with Gasteiger partial charge in [0.2, 0.25) is 10.0 Å². The summed E-state index contributed by atoms with van der Waals surface area (Å²) in [5.41, 5.74) is 1.55. The van der Waals surface area contributed by atoms with Gasteiger partial charge in [-0.2, -0.15) is 0 Å². The van der Waals surface area contributed by atoms with Crippen LogP contribution in [0.3, 0.4) is 0 Å². The zero-order valence-electron chi connectivity index (χ0n) is 17.9. The molecule has 0 bridgehead atoms. The maximum atomic E-state index is 13.4. The van der Waals surface area contributed by atoms with E-state index < -0.39 is 15.6 Å². The molecule has 0 aliphatic rings. The summed E-state index contributed by atoms with van der Waals surface area (Å²) in [5, 5.41) is 6.28. The molecular weight excluding hydrogens is 518 g/mol. The summed E-state index contributed by atoms with van der Waals surface area (Å²) in [4.78, 5) is 4.39. The van der Waals surface area contributed by atoms with Crippen LogP contribution in [-0.2, 0) is 23.1 Å². The summed E-state index contributed by atoms with van der Waals surface area (Å²) in [6, 6.07) is 11.8. The van der Waals surface area contributed by atoms with E-state index in [4.69, 9.17) is 0 Å². The van der Waals surface area contributed by atoms with E-state index in [2.05, 4.69) is 20.3 Å². The van der Waals surface area contributed by atoms with Gasteiger partial charge in [0.05, 0.1) is 4.90 Å². The van der Waals surface area contributed by atoms with Gasteiger partial charge in [0.25, 0.3) is 0 Å². The van der Waals surface area contributed by atoms with Gasteiger partial charge >= 0.3 is 0 Å². The molecule has 0 unspecified atom stereocenters. The van der Waals surface area contributed by atoms with E-state index in [0.29, 0.717) is 23.6 Å². The summed E-state index contributed by atoms with van der Waals surface area (Å²) >= 11 is 0. The average molecular weight is 548 g/mol. The number of rotatable bonds is 6.